The second-order valence-corrected chi connectivity index (χ2v) is 7.92. The van der Waals surface area contributed by atoms with E-state index in [-0.39, 0.29) is 11.3 Å². The zero-order valence-electron chi connectivity index (χ0n) is 13.9. The van der Waals surface area contributed by atoms with Gasteiger partial charge in [0, 0.05) is 5.41 Å². The molecule has 1 amide bonds. The number of rotatable bonds is 4. The number of carbonyl (C=O) groups is 1. The first-order valence-corrected chi connectivity index (χ1v) is 8.65. The van der Waals surface area contributed by atoms with Crippen LogP contribution in [0, 0.1) is 28.6 Å². The van der Waals surface area contributed by atoms with Gasteiger partial charge in [0.25, 0.3) is 0 Å². The fourth-order valence-electron chi connectivity index (χ4n) is 4.23. The summed E-state index contributed by atoms with van der Waals surface area (Å²) in [6.07, 6.45) is 8.96. The first kappa shape index (κ1) is 16.3. The van der Waals surface area contributed by atoms with E-state index in [1.165, 1.54) is 0 Å². The van der Waals surface area contributed by atoms with Crippen molar-refractivity contribution in [3.8, 4) is 6.07 Å². The Morgan fingerprint density at radius 2 is 1.81 bits per heavy atom. The lowest BCUT2D eigenvalue weighted by Crippen LogP contribution is -2.54. The molecule has 0 aromatic heterocycles. The minimum atomic E-state index is -0.601. The van der Waals surface area contributed by atoms with Gasteiger partial charge in [-0.05, 0) is 56.8 Å². The van der Waals surface area contributed by atoms with Crippen molar-refractivity contribution in [3.63, 3.8) is 0 Å². The Hall–Kier alpha value is -1.04. The van der Waals surface area contributed by atoms with Gasteiger partial charge in [0.15, 0.2) is 0 Å². The molecule has 21 heavy (non-hydrogen) atoms. The van der Waals surface area contributed by atoms with E-state index < -0.39 is 5.54 Å². The Balaban J connectivity index is 2.09. The minimum Gasteiger partial charge on any atom is -0.337 e. The standard InChI is InChI=1S/C18H30N2O/c1-14(2)12-17(8-4-5-9-17)16(21)20-18(13-19)10-6-15(3)7-11-18/h14-15H,4-12H2,1-3H3,(H,20,21). The van der Waals surface area contributed by atoms with E-state index in [0.717, 1.165) is 57.8 Å². The molecule has 2 saturated carbocycles. The molecule has 3 heteroatoms. The Bertz CT molecular complexity index is 407. The van der Waals surface area contributed by atoms with E-state index >= 15 is 0 Å². The molecule has 0 unspecified atom stereocenters. The lowest BCUT2D eigenvalue weighted by molar-refractivity contribution is -0.133. The highest BCUT2D eigenvalue weighted by Crippen LogP contribution is 2.44. The van der Waals surface area contributed by atoms with Crippen molar-refractivity contribution >= 4 is 5.91 Å². The van der Waals surface area contributed by atoms with Crippen LogP contribution in [0.15, 0.2) is 0 Å². The Morgan fingerprint density at radius 1 is 1.24 bits per heavy atom. The summed E-state index contributed by atoms with van der Waals surface area (Å²) in [6, 6.07) is 2.43. The van der Waals surface area contributed by atoms with Crippen LogP contribution in [0.5, 0.6) is 0 Å². The van der Waals surface area contributed by atoms with Gasteiger partial charge in [-0.15, -0.1) is 0 Å². The second-order valence-electron chi connectivity index (χ2n) is 7.92. The zero-order valence-corrected chi connectivity index (χ0v) is 13.9. The van der Waals surface area contributed by atoms with Gasteiger partial charge in [0.2, 0.25) is 5.91 Å². The number of hydrogen-bond donors (Lipinski definition) is 1. The van der Waals surface area contributed by atoms with Crippen LogP contribution in [0.2, 0.25) is 0 Å². The summed E-state index contributed by atoms with van der Waals surface area (Å²) < 4.78 is 0. The van der Waals surface area contributed by atoms with Crippen molar-refractivity contribution in [2.24, 2.45) is 17.3 Å². The molecule has 0 saturated heterocycles. The number of nitrogens with zero attached hydrogens (tertiary/aromatic N) is 1. The fraction of sp³-hybridized carbons (Fsp3) is 0.889. The van der Waals surface area contributed by atoms with Gasteiger partial charge < -0.3 is 5.32 Å². The molecular formula is C18H30N2O. The molecule has 0 aliphatic heterocycles. The summed E-state index contributed by atoms with van der Waals surface area (Å²) in [5.74, 6) is 1.36. The lowest BCUT2D eigenvalue weighted by Gasteiger charge is -2.38. The summed E-state index contributed by atoms with van der Waals surface area (Å²) in [4.78, 5) is 13.0. The molecule has 0 atom stereocenters. The zero-order chi connectivity index (χ0) is 15.5. The average Bonchev–Trinajstić information content (AvgIpc) is 2.90. The van der Waals surface area contributed by atoms with Gasteiger partial charge in [0.05, 0.1) is 6.07 Å². The molecule has 1 N–H and O–H groups in total. The van der Waals surface area contributed by atoms with E-state index in [4.69, 9.17) is 0 Å². The Morgan fingerprint density at radius 3 is 2.29 bits per heavy atom. The Labute approximate surface area is 129 Å². The largest absolute Gasteiger partial charge is 0.337 e. The predicted octanol–water partition coefficient (Wildman–Crippen LogP) is 4.18. The maximum absolute atomic E-state index is 13.0. The van der Waals surface area contributed by atoms with Gasteiger partial charge in [-0.2, -0.15) is 5.26 Å². The topological polar surface area (TPSA) is 52.9 Å². The first-order valence-electron chi connectivity index (χ1n) is 8.65. The van der Waals surface area contributed by atoms with Gasteiger partial charge in [-0.1, -0.05) is 33.6 Å². The lowest BCUT2D eigenvalue weighted by atomic mass is 9.74. The van der Waals surface area contributed by atoms with Crippen LogP contribution >= 0.6 is 0 Å². The van der Waals surface area contributed by atoms with Gasteiger partial charge in [0.1, 0.15) is 5.54 Å². The molecule has 2 rings (SSSR count). The van der Waals surface area contributed by atoms with Crippen LogP contribution in [0.3, 0.4) is 0 Å². The van der Waals surface area contributed by atoms with Gasteiger partial charge >= 0.3 is 0 Å². The van der Waals surface area contributed by atoms with E-state index in [1.54, 1.807) is 0 Å². The molecule has 3 nitrogen and oxygen atoms in total. The quantitative estimate of drug-likeness (QED) is 0.844. The van der Waals surface area contributed by atoms with Crippen molar-refractivity contribution in [3.05, 3.63) is 0 Å². The van der Waals surface area contributed by atoms with Gasteiger partial charge in [-0.25, -0.2) is 0 Å². The fourth-order valence-corrected chi connectivity index (χ4v) is 4.23. The summed E-state index contributed by atoms with van der Waals surface area (Å²) in [6.45, 7) is 6.62. The van der Waals surface area contributed by atoms with Gasteiger partial charge in [-0.3, -0.25) is 4.79 Å². The normalized spacial score (nSPS) is 31.9. The molecule has 2 fully saturated rings. The predicted molar refractivity (Wildman–Crippen MR) is 84.5 cm³/mol. The average molecular weight is 290 g/mol. The highest BCUT2D eigenvalue weighted by molar-refractivity contribution is 5.84. The molecule has 2 aliphatic carbocycles. The molecule has 0 heterocycles. The third-order valence-electron chi connectivity index (χ3n) is 5.54. The van der Waals surface area contributed by atoms with E-state index in [0.29, 0.717) is 11.8 Å². The summed E-state index contributed by atoms with van der Waals surface area (Å²) >= 11 is 0. The summed E-state index contributed by atoms with van der Waals surface area (Å²) in [5.41, 5.74) is -0.808. The van der Waals surface area contributed by atoms with Crippen LogP contribution in [-0.2, 0) is 4.79 Å². The van der Waals surface area contributed by atoms with E-state index in [9.17, 15) is 10.1 Å². The second kappa shape index (κ2) is 6.38. The van der Waals surface area contributed by atoms with Crippen molar-refractivity contribution < 1.29 is 4.79 Å². The molecule has 0 bridgehead atoms. The third kappa shape index (κ3) is 3.59. The molecular weight excluding hydrogens is 260 g/mol. The molecule has 0 spiro atoms. The van der Waals surface area contributed by atoms with Crippen molar-refractivity contribution in [2.75, 3.05) is 0 Å². The minimum absolute atomic E-state index is 0.157. The molecule has 2 aliphatic rings. The number of nitriles is 1. The van der Waals surface area contributed by atoms with Crippen LogP contribution in [0.1, 0.15) is 78.6 Å². The maximum atomic E-state index is 13.0. The summed E-state index contributed by atoms with van der Waals surface area (Å²) in [7, 11) is 0. The first-order chi connectivity index (χ1) is 9.91. The number of hydrogen-bond acceptors (Lipinski definition) is 2. The van der Waals surface area contributed by atoms with Crippen LogP contribution < -0.4 is 5.32 Å². The molecule has 118 valence electrons. The highest BCUT2D eigenvalue weighted by atomic mass is 16.2. The third-order valence-corrected chi connectivity index (χ3v) is 5.54. The van der Waals surface area contributed by atoms with Crippen LogP contribution in [0.25, 0.3) is 0 Å². The highest BCUT2D eigenvalue weighted by Gasteiger charge is 2.45. The number of carbonyl (C=O) groups excluding carboxylic acids is 1. The molecule has 0 radical (unpaired) electrons. The van der Waals surface area contributed by atoms with Crippen molar-refractivity contribution in [2.45, 2.75) is 84.1 Å². The van der Waals surface area contributed by atoms with Crippen molar-refractivity contribution in [1.82, 2.24) is 5.32 Å². The van der Waals surface area contributed by atoms with Crippen LogP contribution in [0.4, 0.5) is 0 Å². The molecule has 0 aromatic rings. The van der Waals surface area contributed by atoms with E-state index in [1.807, 2.05) is 0 Å². The maximum Gasteiger partial charge on any atom is 0.227 e. The Kier molecular flexibility index (Phi) is 4.96. The monoisotopic (exact) mass is 290 g/mol. The smallest absolute Gasteiger partial charge is 0.227 e. The van der Waals surface area contributed by atoms with Crippen molar-refractivity contribution in [1.29, 1.82) is 5.26 Å². The number of amides is 1. The molecule has 0 aromatic carbocycles. The van der Waals surface area contributed by atoms with E-state index in [2.05, 4.69) is 32.2 Å². The SMILES string of the molecule is CC(C)CC1(C(=O)NC2(C#N)CCC(C)CC2)CCCC1. The summed E-state index contributed by atoms with van der Waals surface area (Å²) in [5, 5.41) is 12.8. The number of nitrogens with one attached hydrogen (secondary N) is 1. The van der Waals surface area contributed by atoms with Crippen LogP contribution in [-0.4, -0.2) is 11.4 Å².